The van der Waals surface area contributed by atoms with Gasteiger partial charge < -0.3 is 15.7 Å². The van der Waals surface area contributed by atoms with Gasteiger partial charge in [-0.05, 0) is 12.1 Å². The van der Waals surface area contributed by atoms with E-state index in [1.165, 1.54) is 0 Å². The van der Waals surface area contributed by atoms with Gasteiger partial charge in [-0.25, -0.2) is 0 Å². The second-order valence-electron chi connectivity index (χ2n) is 3.16. The Morgan fingerprint density at radius 3 is 3.00 bits per heavy atom. The molecule has 0 amide bonds. The van der Waals surface area contributed by atoms with Gasteiger partial charge in [-0.1, -0.05) is 6.07 Å². The molecule has 4 nitrogen and oxygen atoms in total. The molecular weight excluding hydrogens is 214 g/mol. The molecule has 1 aromatic carbocycles. The van der Waals surface area contributed by atoms with Crippen molar-refractivity contribution >= 4 is 23.9 Å². The molecule has 0 fully saturated rings. The first kappa shape index (κ1) is 11.7. The zero-order valence-corrected chi connectivity index (χ0v) is 9.05. The molecular formula is C10H14ClN3O. The van der Waals surface area contributed by atoms with Crippen molar-refractivity contribution in [1.29, 1.82) is 0 Å². The van der Waals surface area contributed by atoms with Crippen LogP contribution in [0.5, 0.6) is 5.75 Å². The maximum Gasteiger partial charge on any atom is 0.117 e. The third-order valence-electron chi connectivity index (χ3n) is 2.05. The predicted molar refractivity (Wildman–Crippen MR) is 64.1 cm³/mol. The topological polar surface area (TPSA) is 56.6 Å². The molecule has 15 heavy (non-hydrogen) atoms. The molecule has 1 aliphatic heterocycles. The van der Waals surface area contributed by atoms with Crippen LogP contribution in [0.15, 0.2) is 29.3 Å². The number of hydrogen-bond acceptors (Lipinski definition) is 4. The van der Waals surface area contributed by atoms with Crippen LogP contribution in [0, 0.1) is 0 Å². The molecule has 0 saturated carbocycles. The van der Waals surface area contributed by atoms with E-state index in [-0.39, 0.29) is 18.2 Å². The first-order valence-corrected chi connectivity index (χ1v) is 4.65. The summed E-state index contributed by atoms with van der Waals surface area (Å²) >= 11 is 0. The lowest BCUT2D eigenvalue weighted by molar-refractivity contribution is 0.475. The van der Waals surface area contributed by atoms with Crippen molar-refractivity contribution < 1.29 is 5.11 Å². The van der Waals surface area contributed by atoms with Crippen LogP contribution in [0.2, 0.25) is 0 Å². The Bertz CT molecular complexity index is 354. The summed E-state index contributed by atoms with van der Waals surface area (Å²) in [6.07, 6.45) is 0. The maximum atomic E-state index is 9.22. The second kappa shape index (κ2) is 5.46. The molecule has 1 heterocycles. The van der Waals surface area contributed by atoms with Crippen LogP contribution >= 0.6 is 12.4 Å². The van der Waals surface area contributed by atoms with Gasteiger partial charge in [0.05, 0.1) is 13.1 Å². The number of hydrogen-bond donors (Lipinski definition) is 3. The first-order chi connectivity index (χ1) is 6.84. The summed E-state index contributed by atoms with van der Waals surface area (Å²) in [6, 6.07) is 7.06. The lowest BCUT2D eigenvalue weighted by atomic mass is 10.3. The van der Waals surface area contributed by atoms with Crippen molar-refractivity contribution in [2.24, 2.45) is 4.99 Å². The number of phenolic OH excluding ortho intramolecular Hbond substituents is 1. The molecule has 0 unspecified atom stereocenters. The van der Waals surface area contributed by atoms with Crippen molar-refractivity contribution in [3.63, 3.8) is 0 Å². The summed E-state index contributed by atoms with van der Waals surface area (Å²) in [5.74, 6) is 1.25. The number of anilines is 1. The minimum atomic E-state index is 0. The molecule has 0 spiro atoms. The lowest BCUT2D eigenvalue weighted by Crippen LogP contribution is -2.25. The van der Waals surface area contributed by atoms with Crippen molar-refractivity contribution in [3.8, 4) is 5.75 Å². The normalized spacial score (nSPS) is 13.7. The van der Waals surface area contributed by atoms with Crippen LogP contribution in [0.25, 0.3) is 0 Å². The molecule has 1 aliphatic rings. The van der Waals surface area contributed by atoms with Crippen molar-refractivity contribution in [3.05, 3.63) is 24.3 Å². The molecule has 0 aromatic heterocycles. The Morgan fingerprint density at radius 1 is 1.47 bits per heavy atom. The van der Waals surface area contributed by atoms with E-state index in [9.17, 15) is 5.11 Å². The minimum Gasteiger partial charge on any atom is -0.508 e. The van der Waals surface area contributed by atoms with E-state index in [1.807, 2.05) is 12.1 Å². The van der Waals surface area contributed by atoms with E-state index >= 15 is 0 Å². The highest BCUT2D eigenvalue weighted by Crippen LogP contribution is 2.14. The van der Waals surface area contributed by atoms with Crippen LogP contribution in [0.1, 0.15) is 0 Å². The number of aliphatic imine (C=N–C) groups is 1. The van der Waals surface area contributed by atoms with Gasteiger partial charge in [0.15, 0.2) is 0 Å². The van der Waals surface area contributed by atoms with Crippen molar-refractivity contribution in [1.82, 2.24) is 5.32 Å². The highest BCUT2D eigenvalue weighted by molar-refractivity contribution is 5.87. The maximum absolute atomic E-state index is 9.22. The summed E-state index contributed by atoms with van der Waals surface area (Å²) in [6.45, 7) is 2.47. The number of nitrogens with zero attached hydrogens (tertiary/aromatic N) is 1. The zero-order valence-electron chi connectivity index (χ0n) is 8.23. The summed E-state index contributed by atoms with van der Waals surface area (Å²) in [5.41, 5.74) is 0.904. The number of phenols is 1. The lowest BCUT2D eigenvalue weighted by Gasteiger charge is -2.06. The monoisotopic (exact) mass is 227 g/mol. The molecule has 0 aliphatic carbocycles. The van der Waals surface area contributed by atoms with Crippen LogP contribution < -0.4 is 10.6 Å². The average molecular weight is 228 g/mol. The Kier molecular flexibility index (Phi) is 4.24. The van der Waals surface area contributed by atoms with Crippen LogP contribution in [-0.4, -0.2) is 30.6 Å². The fraction of sp³-hybridized carbons (Fsp3) is 0.300. The number of rotatable bonds is 3. The van der Waals surface area contributed by atoms with Gasteiger partial charge in [-0.3, -0.25) is 4.99 Å². The van der Waals surface area contributed by atoms with E-state index in [0.717, 1.165) is 24.6 Å². The largest absolute Gasteiger partial charge is 0.508 e. The Labute approximate surface area is 94.8 Å². The fourth-order valence-electron chi connectivity index (χ4n) is 1.37. The van der Waals surface area contributed by atoms with Gasteiger partial charge in [-0.15, -0.1) is 12.4 Å². The van der Waals surface area contributed by atoms with E-state index in [1.54, 1.807) is 12.1 Å². The summed E-state index contributed by atoms with van der Waals surface area (Å²) < 4.78 is 0. The standard InChI is InChI=1S/C10H13N3O.ClH/c14-9-3-1-2-8(6-9)13-7-10-11-4-5-12-10;/h1-3,6,13-14H,4-5,7H2,(H,11,12);1H. The molecule has 0 atom stereocenters. The predicted octanol–water partition coefficient (Wildman–Crippen LogP) is 1.23. The van der Waals surface area contributed by atoms with E-state index < -0.39 is 0 Å². The van der Waals surface area contributed by atoms with Gasteiger partial charge in [0.1, 0.15) is 11.6 Å². The second-order valence-corrected chi connectivity index (χ2v) is 3.16. The van der Waals surface area contributed by atoms with Crippen molar-refractivity contribution in [2.75, 3.05) is 25.0 Å². The fourth-order valence-corrected chi connectivity index (χ4v) is 1.37. The number of amidine groups is 1. The number of halogens is 1. The molecule has 82 valence electrons. The van der Waals surface area contributed by atoms with E-state index in [2.05, 4.69) is 15.6 Å². The minimum absolute atomic E-state index is 0. The summed E-state index contributed by atoms with van der Waals surface area (Å²) in [5, 5.41) is 15.6. The quantitative estimate of drug-likeness (QED) is 0.728. The number of aromatic hydroxyl groups is 1. The molecule has 0 bridgehead atoms. The van der Waals surface area contributed by atoms with Crippen LogP contribution in [-0.2, 0) is 0 Å². The Hall–Kier alpha value is -1.42. The molecule has 2 rings (SSSR count). The first-order valence-electron chi connectivity index (χ1n) is 4.65. The van der Waals surface area contributed by atoms with E-state index in [0.29, 0.717) is 6.54 Å². The van der Waals surface area contributed by atoms with Gasteiger partial charge in [0, 0.05) is 18.3 Å². The number of benzene rings is 1. The van der Waals surface area contributed by atoms with E-state index in [4.69, 9.17) is 0 Å². The smallest absolute Gasteiger partial charge is 0.117 e. The van der Waals surface area contributed by atoms with Crippen LogP contribution in [0.4, 0.5) is 5.69 Å². The molecule has 3 N–H and O–H groups in total. The van der Waals surface area contributed by atoms with Crippen molar-refractivity contribution in [2.45, 2.75) is 0 Å². The Balaban J connectivity index is 0.00000112. The third-order valence-corrected chi connectivity index (χ3v) is 2.05. The van der Waals surface area contributed by atoms with Gasteiger partial charge in [-0.2, -0.15) is 0 Å². The molecule has 1 aromatic rings. The zero-order chi connectivity index (χ0) is 9.80. The van der Waals surface area contributed by atoms with Gasteiger partial charge in [0.2, 0.25) is 0 Å². The van der Waals surface area contributed by atoms with Gasteiger partial charge >= 0.3 is 0 Å². The highest BCUT2D eigenvalue weighted by atomic mass is 35.5. The summed E-state index contributed by atoms with van der Waals surface area (Å²) in [7, 11) is 0. The van der Waals surface area contributed by atoms with Gasteiger partial charge in [0.25, 0.3) is 0 Å². The van der Waals surface area contributed by atoms with Crippen LogP contribution in [0.3, 0.4) is 0 Å². The molecule has 0 radical (unpaired) electrons. The molecule has 5 heteroatoms. The Morgan fingerprint density at radius 2 is 2.33 bits per heavy atom. The average Bonchev–Trinajstić information content (AvgIpc) is 2.67. The SMILES string of the molecule is Cl.Oc1cccc(NCC2=NCCN2)c1. The third kappa shape index (κ3) is 3.32. The molecule has 0 saturated heterocycles. The highest BCUT2D eigenvalue weighted by Gasteiger charge is 2.03. The number of nitrogens with one attached hydrogen (secondary N) is 2. The summed E-state index contributed by atoms with van der Waals surface area (Å²) in [4.78, 5) is 4.25.